The molecule has 0 bridgehead atoms. The van der Waals surface area contributed by atoms with Crippen molar-refractivity contribution in [2.75, 3.05) is 0 Å². The maximum atomic E-state index is 13.3. The van der Waals surface area contributed by atoms with Crippen LogP contribution in [0.15, 0.2) is 68.6 Å². The molecule has 0 radical (unpaired) electrons. The summed E-state index contributed by atoms with van der Waals surface area (Å²) >= 11 is 0. The summed E-state index contributed by atoms with van der Waals surface area (Å²) in [7, 11) is -2.83. The third-order valence-electron chi connectivity index (χ3n) is 5.20. The average molecular weight is 445 g/mol. The van der Waals surface area contributed by atoms with Crippen LogP contribution in [0, 0.1) is 13.8 Å². The predicted octanol–water partition coefficient (Wildman–Crippen LogP) is 7.59. The number of hydrogen-bond acceptors (Lipinski definition) is 2. The highest BCUT2D eigenvalue weighted by atomic mass is 32.2. The second-order valence-electron chi connectivity index (χ2n) is 7.95. The van der Waals surface area contributed by atoms with Gasteiger partial charge in [0.05, 0.1) is 21.6 Å². The molecule has 2 aromatic rings. The first kappa shape index (κ1) is 24.7. The third-order valence-corrected chi connectivity index (χ3v) is 8.58. The van der Waals surface area contributed by atoms with Gasteiger partial charge in [-0.05, 0) is 51.0 Å². The number of rotatable bonds is 13. The molecule has 0 saturated carbocycles. The van der Waals surface area contributed by atoms with Gasteiger partial charge in [0.2, 0.25) is 0 Å². The first-order chi connectivity index (χ1) is 14.5. The number of aryl methyl sites for hydroxylation is 2. The summed E-state index contributed by atoms with van der Waals surface area (Å²) in [6, 6.07) is 15.3. The van der Waals surface area contributed by atoms with Gasteiger partial charge in [-0.25, -0.2) is 8.42 Å². The Morgan fingerprint density at radius 3 is 1.50 bits per heavy atom. The van der Waals surface area contributed by atoms with Crippen molar-refractivity contribution in [3.8, 4) is 0 Å². The van der Waals surface area contributed by atoms with Crippen LogP contribution in [0.2, 0.25) is 0 Å². The van der Waals surface area contributed by atoms with Gasteiger partial charge in [-0.3, -0.25) is 0 Å². The Labute approximate surface area is 188 Å². The molecule has 2 atom stereocenters. The molecule has 2 aromatic carbocycles. The van der Waals surface area contributed by atoms with Crippen molar-refractivity contribution in [3.63, 3.8) is 0 Å². The summed E-state index contributed by atoms with van der Waals surface area (Å²) in [5.74, 6) is 0. The van der Waals surface area contributed by atoms with Crippen molar-refractivity contribution in [2.45, 2.75) is 88.3 Å². The molecular weight excluding hydrogens is 408 g/mol. The topological polar surface area (TPSA) is 34.1 Å². The molecule has 164 valence electrons. The number of allylic oxidation sites excluding steroid dienone is 1. The molecule has 0 fully saturated rings. The quantitative estimate of drug-likeness (QED) is 0.298. The minimum atomic E-state index is -1.42. The van der Waals surface area contributed by atoms with Gasteiger partial charge >= 0.3 is 0 Å². The number of benzene rings is 2. The Morgan fingerprint density at radius 1 is 0.667 bits per heavy atom. The van der Waals surface area contributed by atoms with E-state index in [1.165, 1.54) is 44.9 Å². The van der Waals surface area contributed by atoms with E-state index in [1.54, 1.807) is 0 Å². The van der Waals surface area contributed by atoms with Crippen molar-refractivity contribution in [3.05, 3.63) is 70.0 Å². The summed E-state index contributed by atoms with van der Waals surface area (Å²) in [5, 5.41) is 0. The fourth-order valence-electron chi connectivity index (χ4n) is 3.27. The molecule has 4 heteroatoms. The van der Waals surface area contributed by atoms with E-state index < -0.39 is 21.6 Å². The monoisotopic (exact) mass is 444 g/mol. The molecule has 2 unspecified atom stereocenters. The summed E-state index contributed by atoms with van der Waals surface area (Å²) in [5.41, 5.74) is 2.25. The highest BCUT2D eigenvalue weighted by Crippen LogP contribution is 2.24. The van der Waals surface area contributed by atoms with E-state index >= 15 is 0 Å². The molecule has 0 saturated heterocycles. The maximum Gasteiger partial charge on any atom is 0.109 e. The average Bonchev–Trinajstić information content (AvgIpc) is 2.75. The summed E-state index contributed by atoms with van der Waals surface area (Å²) < 4.78 is 27.0. The molecule has 0 amide bonds. The normalized spacial score (nSPS) is 13.0. The first-order valence-electron chi connectivity index (χ1n) is 11.2. The van der Waals surface area contributed by atoms with Crippen molar-refractivity contribution in [2.24, 2.45) is 0 Å². The van der Waals surface area contributed by atoms with Crippen molar-refractivity contribution in [1.82, 2.24) is 0 Å². The van der Waals surface area contributed by atoms with E-state index in [4.69, 9.17) is 0 Å². The lowest BCUT2D eigenvalue weighted by atomic mass is 10.1. The van der Waals surface area contributed by atoms with Gasteiger partial charge in [-0.1, -0.05) is 93.3 Å². The van der Waals surface area contributed by atoms with Crippen molar-refractivity contribution < 1.29 is 8.42 Å². The number of unbranched alkanes of at least 4 members (excludes halogenated alkanes) is 8. The van der Waals surface area contributed by atoms with Crippen LogP contribution in [-0.2, 0) is 21.6 Å². The first-order valence-corrected chi connectivity index (χ1v) is 13.5. The fourth-order valence-corrected chi connectivity index (χ4v) is 6.17. The van der Waals surface area contributed by atoms with Gasteiger partial charge in [0.25, 0.3) is 0 Å². The summed E-state index contributed by atoms with van der Waals surface area (Å²) in [4.78, 5) is 1.42. The van der Waals surface area contributed by atoms with Crippen LogP contribution >= 0.6 is 0 Å². The smallest absolute Gasteiger partial charge is 0.109 e. The van der Waals surface area contributed by atoms with E-state index in [2.05, 4.69) is 6.92 Å². The summed E-state index contributed by atoms with van der Waals surface area (Å²) in [6.45, 7) is 6.26. The van der Waals surface area contributed by atoms with Crippen LogP contribution in [0.1, 0.15) is 75.8 Å². The van der Waals surface area contributed by atoms with Gasteiger partial charge in [-0.2, -0.15) is 0 Å². The molecule has 2 rings (SSSR count). The van der Waals surface area contributed by atoms with E-state index in [9.17, 15) is 8.42 Å². The Kier molecular flexibility index (Phi) is 11.3. The Bertz CT molecular complexity index is 777. The summed E-state index contributed by atoms with van der Waals surface area (Å²) in [6.07, 6.45) is 12.8. The molecule has 0 aliphatic carbocycles. The van der Waals surface area contributed by atoms with E-state index in [1.807, 2.05) is 68.5 Å². The van der Waals surface area contributed by atoms with Gasteiger partial charge in [0, 0.05) is 9.79 Å². The Balaban J connectivity index is 2.04. The van der Waals surface area contributed by atoms with E-state index in [-0.39, 0.29) is 0 Å². The molecule has 30 heavy (non-hydrogen) atoms. The lowest BCUT2D eigenvalue weighted by Gasteiger charge is -2.09. The third kappa shape index (κ3) is 8.31. The SMILES string of the molecule is CCCCCCCCCCC=C(S(=O)c1ccc(C)cc1)S(=O)c1ccc(C)cc1. The lowest BCUT2D eigenvalue weighted by Crippen LogP contribution is -2.04. The van der Waals surface area contributed by atoms with Crippen molar-refractivity contribution >= 4 is 21.6 Å². The second-order valence-corrected chi connectivity index (χ2v) is 11.1. The lowest BCUT2D eigenvalue weighted by molar-refractivity contribution is 0.577. The highest BCUT2D eigenvalue weighted by molar-refractivity contribution is 8.08. The Morgan fingerprint density at radius 2 is 1.07 bits per heavy atom. The minimum absolute atomic E-state index is 0.519. The zero-order valence-electron chi connectivity index (χ0n) is 18.7. The van der Waals surface area contributed by atoms with Crippen LogP contribution in [0.25, 0.3) is 0 Å². The number of hydrogen-bond donors (Lipinski definition) is 0. The van der Waals surface area contributed by atoms with Crippen LogP contribution in [0.5, 0.6) is 0 Å². The van der Waals surface area contributed by atoms with E-state index in [0.717, 1.165) is 24.0 Å². The molecule has 0 heterocycles. The van der Waals surface area contributed by atoms with Gasteiger partial charge < -0.3 is 0 Å². The highest BCUT2D eigenvalue weighted by Gasteiger charge is 2.18. The molecule has 0 aromatic heterocycles. The van der Waals surface area contributed by atoms with Crippen LogP contribution < -0.4 is 0 Å². The predicted molar refractivity (Wildman–Crippen MR) is 130 cm³/mol. The largest absolute Gasteiger partial charge is 0.248 e. The van der Waals surface area contributed by atoms with Gasteiger partial charge in [0.15, 0.2) is 0 Å². The molecule has 0 spiro atoms. The molecule has 0 N–H and O–H groups in total. The zero-order chi connectivity index (χ0) is 21.8. The van der Waals surface area contributed by atoms with Gasteiger partial charge in [-0.15, -0.1) is 0 Å². The van der Waals surface area contributed by atoms with E-state index in [0.29, 0.717) is 14.0 Å². The zero-order valence-corrected chi connectivity index (χ0v) is 20.3. The second kappa shape index (κ2) is 13.7. The molecule has 0 aliphatic heterocycles. The van der Waals surface area contributed by atoms with Crippen molar-refractivity contribution in [1.29, 1.82) is 0 Å². The molecular formula is C26H36O2S2. The minimum Gasteiger partial charge on any atom is -0.248 e. The molecule has 0 aliphatic rings. The van der Waals surface area contributed by atoms with Crippen LogP contribution in [-0.4, -0.2) is 8.42 Å². The fraction of sp³-hybridized carbons (Fsp3) is 0.462. The van der Waals surface area contributed by atoms with Crippen LogP contribution in [0.4, 0.5) is 0 Å². The Hall–Kier alpha value is -1.52. The standard InChI is InChI=1S/C26H36O2S2/c1-4-5-6-7-8-9-10-11-12-13-26(29(27)24-18-14-22(2)15-19-24)30(28)25-20-16-23(3)17-21-25/h13-21H,4-12H2,1-3H3. The molecule has 2 nitrogen and oxygen atoms in total. The maximum absolute atomic E-state index is 13.3. The van der Waals surface area contributed by atoms with Crippen LogP contribution in [0.3, 0.4) is 0 Å². The van der Waals surface area contributed by atoms with Gasteiger partial charge in [0.1, 0.15) is 4.24 Å².